The summed E-state index contributed by atoms with van der Waals surface area (Å²) < 4.78 is 5.56. The molecule has 1 unspecified atom stereocenters. The fourth-order valence-corrected chi connectivity index (χ4v) is 1.57. The third kappa shape index (κ3) is 5.22. The molecule has 1 aromatic carbocycles. The van der Waals surface area contributed by atoms with Gasteiger partial charge in [-0.15, -0.1) is 0 Å². The highest BCUT2D eigenvalue weighted by molar-refractivity contribution is 6.63. The van der Waals surface area contributed by atoms with Crippen LogP contribution in [0.25, 0.3) is 0 Å². The quantitative estimate of drug-likeness (QED) is 0.546. The van der Waals surface area contributed by atoms with Crippen LogP contribution in [0, 0.1) is 5.92 Å². The summed E-state index contributed by atoms with van der Waals surface area (Å²) in [5.41, 5.74) is 1.11. The fraction of sp³-hybridized carbons (Fsp3) is 0.500. The van der Waals surface area contributed by atoms with Gasteiger partial charge in [0, 0.05) is 5.92 Å². The molecule has 17 heavy (non-hydrogen) atoms. The van der Waals surface area contributed by atoms with Gasteiger partial charge in [0.2, 0.25) is 5.24 Å². The Morgan fingerprint density at radius 1 is 1.35 bits per heavy atom. The molecule has 0 aliphatic rings. The van der Waals surface area contributed by atoms with E-state index in [0.29, 0.717) is 6.42 Å². The smallest absolute Gasteiger partial charge is 0.224 e. The van der Waals surface area contributed by atoms with Gasteiger partial charge in [-0.25, -0.2) is 0 Å². The number of benzene rings is 1. The van der Waals surface area contributed by atoms with Crippen molar-refractivity contribution in [2.75, 3.05) is 6.61 Å². The minimum Gasteiger partial charge on any atom is -0.494 e. The van der Waals surface area contributed by atoms with E-state index in [1.165, 1.54) is 0 Å². The summed E-state index contributed by atoms with van der Waals surface area (Å²) in [6, 6.07) is 7.85. The Bertz CT molecular complexity index is 346. The number of hydrogen-bond donors (Lipinski definition) is 0. The molecule has 94 valence electrons. The van der Waals surface area contributed by atoms with Crippen LogP contribution in [-0.2, 0) is 11.2 Å². The first-order valence-electron chi connectivity index (χ1n) is 6.04. The van der Waals surface area contributed by atoms with E-state index in [1.807, 2.05) is 31.2 Å². The molecular formula is C14H19ClO2. The van der Waals surface area contributed by atoms with Gasteiger partial charge in [0.15, 0.2) is 0 Å². The maximum absolute atomic E-state index is 10.9. The fourth-order valence-electron chi connectivity index (χ4n) is 1.49. The van der Waals surface area contributed by atoms with Crippen molar-refractivity contribution >= 4 is 16.8 Å². The molecule has 2 nitrogen and oxygen atoms in total. The zero-order valence-corrected chi connectivity index (χ0v) is 11.2. The van der Waals surface area contributed by atoms with Gasteiger partial charge in [-0.05, 0) is 42.1 Å². The van der Waals surface area contributed by atoms with Gasteiger partial charge in [0.05, 0.1) is 6.61 Å². The summed E-state index contributed by atoms with van der Waals surface area (Å²) in [5.74, 6) is 0.746. The zero-order chi connectivity index (χ0) is 12.7. The number of carbonyl (C=O) groups excluding carboxylic acids is 1. The highest BCUT2D eigenvalue weighted by atomic mass is 35.5. The molecule has 0 radical (unpaired) electrons. The molecule has 0 aliphatic heterocycles. The van der Waals surface area contributed by atoms with Gasteiger partial charge in [-0.2, -0.15) is 0 Å². The molecule has 0 fully saturated rings. The van der Waals surface area contributed by atoms with E-state index >= 15 is 0 Å². The lowest BCUT2D eigenvalue weighted by atomic mass is 10.0. The van der Waals surface area contributed by atoms with Crippen molar-refractivity contribution < 1.29 is 9.53 Å². The van der Waals surface area contributed by atoms with Gasteiger partial charge >= 0.3 is 0 Å². The molecule has 0 spiro atoms. The van der Waals surface area contributed by atoms with E-state index in [4.69, 9.17) is 16.3 Å². The Kier molecular flexibility index (Phi) is 6.06. The first kappa shape index (κ1) is 14.0. The Morgan fingerprint density at radius 2 is 2.00 bits per heavy atom. The van der Waals surface area contributed by atoms with Crippen molar-refractivity contribution in [3.8, 4) is 5.75 Å². The summed E-state index contributed by atoms with van der Waals surface area (Å²) >= 11 is 5.43. The standard InChI is InChI=1S/C14H19ClO2/c1-3-4-9-17-13-7-5-12(6-8-13)10-11(2)14(15)16/h5-8,11H,3-4,9-10H2,1-2H3. The SMILES string of the molecule is CCCCOc1ccc(CC(C)C(=O)Cl)cc1. The van der Waals surface area contributed by atoms with Gasteiger partial charge in [0.25, 0.3) is 0 Å². The summed E-state index contributed by atoms with van der Waals surface area (Å²) in [7, 11) is 0. The minimum atomic E-state index is -0.284. The highest BCUT2D eigenvalue weighted by Crippen LogP contribution is 2.16. The van der Waals surface area contributed by atoms with Gasteiger partial charge in [-0.3, -0.25) is 4.79 Å². The molecule has 0 aromatic heterocycles. The summed E-state index contributed by atoms with van der Waals surface area (Å²) in [6.45, 7) is 4.73. The predicted octanol–water partition coefficient (Wildman–Crippen LogP) is 3.81. The maximum Gasteiger partial charge on any atom is 0.224 e. The van der Waals surface area contributed by atoms with Crippen LogP contribution in [0.5, 0.6) is 5.75 Å². The molecule has 1 atom stereocenters. The largest absolute Gasteiger partial charge is 0.494 e. The van der Waals surface area contributed by atoms with Crippen molar-refractivity contribution in [2.45, 2.75) is 33.1 Å². The second-order valence-electron chi connectivity index (χ2n) is 4.26. The minimum absolute atomic E-state index is 0.136. The van der Waals surface area contributed by atoms with Crippen LogP contribution in [0.3, 0.4) is 0 Å². The molecule has 0 aliphatic carbocycles. The molecular weight excluding hydrogens is 236 g/mol. The van der Waals surface area contributed by atoms with Gasteiger partial charge in [-0.1, -0.05) is 32.4 Å². The van der Waals surface area contributed by atoms with Crippen molar-refractivity contribution in [3.05, 3.63) is 29.8 Å². The lowest BCUT2D eigenvalue weighted by Crippen LogP contribution is -2.07. The van der Waals surface area contributed by atoms with Crippen LogP contribution < -0.4 is 4.74 Å². The highest BCUT2D eigenvalue weighted by Gasteiger charge is 2.10. The van der Waals surface area contributed by atoms with Gasteiger partial charge < -0.3 is 4.74 Å². The monoisotopic (exact) mass is 254 g/mol. The number of rotatable bonds is 7. The van der Waals surface area contributed by atoms with Gasteiger partial charge in [0.1, 0.15) is 5.75 Å². The second kappa shape index (κ2) is 7.33. The van der Waals surface area contributed by atoms with E-state index in [0.717, 1.165) is 30.8 Å². The number of unbranched alkanes of at least 4 members (excludes halogenated alkanes) is 1. The lowest BCUT2D eigenvalue weighted by molar-refractivity contribution is -0.114. The van der Waals surface area contributed by atoms with Crippen molar-refractivity contribution in [1.29, 1.82) is 0 Å². The third-order valence-corrected chi connectivity index (χ3v) is 2.99. The predicted molar refractivity (Wildman–Crippen MR) is 70.6 cm³/mol. The summed E-state index contributed by atoms with van der Waals surface area (Å²) in [6.07, 6.45) is 2.88. The molecule has 1 rings (SSSR count). The van der Waals surface area contributed by atoms with Crippen molar-refractivity contribution in [3.63, 3.8) is 0 Å². The van der Waals surface area contributed by atoms with Crippen LogP contribution in [0.4, 0.5) is 0 Å². The lowest BCUT2D eigenvalue weighted by Gasteiger charge is -2.08. The molecule has 0 amide bonds. The normalized spacial score (nSPS) is 12.2. The third-order valence-electron chi connectivity index (χ3n) is 2.62. The van der Waals surface area contributed by atoms with Crippen LogP contribution in [0.15, 0.2) is 24.3 Å². The van der Waals surface area contributed by atoms with Crippen molar-refractivity contribution in [2.24, 2.45) is 5.92 Å². The summed E-state index contributed by atoms with van der Waals surface area (Å²) in [4.78, 5) is 10.9. The molecule has 1 aromatic rings. The molecule has 0 heterocycles. The van der Waals surface area contributed by atoms with E-state index in [-0.39, 0.29) is 11.2 Å². The van der Waals surface area contributed by atoms with E-state index in [2.05, 4.69) is 6.92 Å². The number of carbonyl (C=O) groups is 1. The molecule has 0 saturated carbocycles. The van der Waals surface area contributed by atoms with Crippen molar-refractivity contribution in [1.82, 2.24) is 0 Å². The number of hydrogen-bond acceptors (Lipinski definition) is 2. The van der Waals surface area contributed by atoms with E-state index in [9.17, 15) is 4.79 Å². The average Bonchev–Trinajstić information content (AvgIpc) is 2.31. The summed E-state index contributed by atoms with van der Waals surface area (Å²) in [5, 5.41) is -0.284. The van der Waals surface area contributed by atoms with E-state index < -0.39 is 0 Å². The molecule has 0 N–H and O–H groups in total. The number of halogens is 1. The van der Waals surface area contributed by atoms with Crippen LogP contribution in [-0.4, -0.2) is 11.8 Å². The Morgan fingerprint density at radius 3 is 2.53 bits per heavy atom. The second-order valence-corrected chi connectivity index (χ2v) is 4.63. The van der Waals surface area contributed by atoms with Crippen LogP contribution >= 0.6 is 11.6 Å². The average molecular weight is 255 g/mol. The maximum atomic E-state index is 10.9. The topological polar surface area (TPSA) is 26.3 Å². The number of ether oxygens (including phenoxy) is 1. The molecule has 3 heteroatoms. The zero-order valence-electron chi connectivity index (χ0n) is 10.4. The Balaban J connectivity index is 2.47. The Labute approximate surface area is 108 Å². The van der Waals surface area contributed by atoms with E-state index in [1.54, 1.807) is 0 Å². The molecule has 0 bridgehead atoms. The first-order chi connectivity index (χ1) is 8.13. The molecule has 0 saturated heterocycles. The van der Waals surface area contributed by atoms with Crippen LogP contribution in [0.1, 0.15) is 32.3 Å². The van der Waals surface area contributed by atoms with Crippen LogP contribution in [0.2, 0.25) is 0 Å². The first-order valence-corrected chi connectivity index (χ1v) is 6.42. The Hall–Kier alpha value is -1.02.